The first-order valence-corrected chi connectivity index (χ1v) is 14.3. The van der Waals surface area contributed by atoms with Gasteiger partial charge >= 0.3 is 0 Å². The van der Waals surface area contributed by atoms with Gasteiger partial charge in [-0.15, -0.1) is 13.2 Å². The molecule has 0 fully saturated rings. The Kier molecular flexibility index (Phi) is 10.0. The number of hydrogen-bond acceptors (Lipinski definition) is 6. The van der Waals surface area contributed by atoms with Crippen LogP contribution in [0.4, 0.5) is 0 Å². The maximum absolute atomic E-state index is 13.2. The molecule has 1 amide bonds. The van der Waals surface area contributed by atoms with Gasteiger partial charge in [0.1, 0.15) is 16.5 Å². The van der Waals surface area contributed by atoms with Gasteiger partial charge < -0.3 is 0 Å². The summed E-state index contributed by atoms with van der Waals surface area (Å²) in [5.74, 6) is -1.15. The van der Waals surface area contributed by atoms with E-state index in [1.165, 1.54) is 35.8 Å². The summed E-state index contributed by atoms with van der Waals surface area (Å²) in [5.41, 5.74) is 4.66. The largest absolute Gasteiger partial charge is 0.289 e. The summed E-state index contributed by atoms with van der Waals surface area (Å²) in [6.07, 6.45) is 2.41. The molecule has 3 atom stereocenters. The van der Waals surface area contributed by atoms with Crippen LogP contribution in [0.3, 0.4) is 0 Å². The molecule has 0 aromatic heterocycles. The van der Waals surface area contributed by atoms with Crippen LogP contribution in [-0.4, -0.2) is 40.5 Å². The van der Waals surface area contributed by atoms with Crippen molar-refractivity contribution in [1.29, 1.82) is 0 Å². The van der Waals surface area contributed by atoms with Crippen molar-refractivity contribution in [2.24, 2.45) is 0 Å². The zero-order valence-corrected chi connectivity index (χ0v) is 22.5. The molecular weight excluding hydrogens is 526 g/mol. The Morgan fingerprint density at radius 3 is 1.97 bits per heavy atom. The van der Waals surface area contributed by atoms with E-state index in [0.717, 1.165) is 22.8 Å². The first kappa shape index (κ1) is 29.7. The number of halogens is 1. The van der Waals surface area contributed by atoms with Crippen molar-refractivity contribution < 1.29 is 26.8 Å². The van der Waals surface area contributed by atoms with Crippen LogP contribution in [0, 0.1) is 20.8 Å². The van der Waals surface area contributed by atoms with Gasteiger partial charge in [0.2, 0.25) is 20.0 Å². The number of carbonyl (C=O) groups is 1. The van der Waals surface area contributed by atoms with Gasteiger partial charge in [-0.05, 0) is 55.2 Å². The van der Waals surface area contributed by atoms with E-state index >= 15 is 0 Å². The molecule has 0 heterocycles. The smallest absolute Gasteiger partial charge is 0.262 e. The predicted octanol–water partition coefficient (Wildman–Crippen LogP) is 3.13. The maximum Gasteiger partial charge on any atom is 0.262 e. The second-order valence-electron chi connectivity index (χ2n) is 8.26. The van der Waals surface area contributed by atoms with Gasteiger partial charge in [0, 0.05) is 11.6 Å². The van der Waals surface area contributed by atoms with E-state index in [9.17, 15) is 21.6 Å². The number of benzene rings is 2. The molecule has 0 aliphatic rings. The summed E-state index contributed by atoms with van der Waals surface area (Å²) in [4.78, 5) is 12.3. The van der Waals surface area contributed by atoms with Gasteiger partial charge in [-0.1, -0.05) is 53.6 Å². The van der Waals surface area contributed by atoms with Crippen LogP contribution in [-0.2, 0) is 24.8 Å². The van der Waals surface area contributed by atoms with Crippen molar-refractivity contribution in [2.75, 3.05) is 6.54 Å². The lowest BCUT2D eigenvalue weighted by molar-refractivity contribution is -0.130. The van der Waals surface area contributed by atoms with Crippen LogP contribution < -0.4 is 14.9 Å². The molecule has 4 N–H and O–H groups in total. The van der Waals surface area contributed by atoms with E-state index in [1.54, 1.807) is 13.8 Å². The van der Waals surface area contributed by atoms with Crippen LogP contribution in [0.5, 0.6) is 0 Å². The van der Waals surface area contributed by atoms with E-state index in [-0.39, 0.29) is 0 Å². The number of carbonyl (C=O) groups excluding carboxylic acids is 1. The monoisotopic (exact) mass is 555 g/mol. The number of hydrogen-bond donors (Lipinski definition) is 4. The summed E-state index contributed by atoms with van der Waals surface area (Å²) in [6, 6.07) is 7.99. The fourth-order valence-electron chi connectivity index (χ4n) is 3.96. The molecule has 3 unspecified atom stereocenters. The first-order chi connectivity index (χ1) is 16.8. The Balaban J connectivity index is 2.33. The zero-order valence-electron chi connectivity index (χ0n) is 20.2. The van der Waals surface area contributed by atoms with Crippen LogP contribution in [0.2, 0.25) is 5.02 Å². The van der Waals surface area contributed by atoms with E-state index in [1.807, 2.05) is 19.1 Å². The molecule has 0 radical (unpaired) electrons. The van der Waals surface area contributed by atoms with E-state index in [0.29, 0.717) is 16.1 Å². The number of hydroxylamine groups is 1. The second-order valence-corrected chi connectivity index (χ2v) is 12.4. The highest BCUT2D eigenvalue weighted by molar-refractivity contribution is 7.90. The minimum absolute atomic E-state index is 0.322. The summed E-state index contributed by atoms with van der Waals surface area (Å²) in [5, 5.41) is 7.10. The number of sulfonamides is 2. The van der Waals surface area contributed by atoms with Gasteiger partial charge in [-0.3, -0.25) is 10.0 Å². The average molecular weight is 556 g/mol. The highest BCUT2D eigenvalue weighted by Crippen LogP contribution is 2.30. The van der Waals surface area contributed by atoms with Crippen molar-refractivity contribution >= 4 is 37.6 Å². The van der Waals surface area contributed by atoms with E-state index < -0.39 is 49.0 Å². The number of nitrogens with one attached hydrogen (secondary N) is 3. The molecule has 0 aliphatic heterocycles. The molecule has 0 aliphatic carbocycles. The number of rotatable bonds is 12. The zero-order chi connectivity index (χ0) is 27.3. The third-order valence-corrected chi connectivity index (χ3v) is 9.20. The molecule has 36 heavy (non-hydrogen) atoms. The molecule has 2 rings (SSSR count). The van der Waals surface area contributed by atoms with Crippen LogP contribution in [0.25, 0.3) is 0 Å². The highest BCUT2D eigenvalue weighted by atomic mass is 35.5. The van der Waals surface area contributed by atoms with Crippen molar-refractivity contribution in [3.8, 4) is 0 Å². The lowest BCUT2D eigenvalue weighted by Crippen LogP contribution is -2.53. The second kappa shape index (κ2) is 12.1. The number of aryl methyl sites for hydroxylation is 3. The van der Waals surface area contributed by atoms with Crippen LogP contribution >= 0.6 is 11.6 Å². The van der Waals surface area contributed by atoms with Crippen molar-refractivity contribution in [1.82, 2.24) is 14.9 Å². The Labute approximate surface area is 217 Å². The third kappa shape index (κ3) is 7.02. The van der Waals surface area contributed by atoms with Gasteiger partial charge in [0.15, 0.2) is 0 Å². The molecule has 2 aromatic carbocycles. The van der Waals surface area contributed by atoms with Crippen LogP contribution in [0.1, 0.15) is 38.3 Å². The van der Waals surface area contributed by atoms with Crippen LogP contribution in [0.15, 0.2) is 61.7 Å². The molecular formula is C24H30ClN3O6S2. The standard InChI is InChI=1S/C24H30ClN3O6S2/c1-6-21(18-8-10-19(25)11-9-18)36(33,34)28-20(24(29)27-30)14-26-35(31,32)22(7-2)23-16(4)12-15(3)13-17(23)5/h6-13,20-22,26,28,30H,1-2,14H2,3-5H3,(H,27,29). The first-order valence-electron chi connectivity index (χ1n) is 10.8. The van der Waals surface area contributed by atoms with Gasteiger partial charge in [0.05, 0.1) is 0 Å². The molecule has 12 heteroatoms. The van der Waals surface area contributed by atoms with Gasteiger partial charge in [-0.25, -0.2) is 31.8 Å². The molecule has 9 nitrogen and oxygen atoms in total. The van der Waals surface area contributed by atoms with Gasteiger partial charge in [0.25, 0.3) is 5.91 Å². The highest BCUT2D eigenvalue weighted by Gasteiger charge is 2.33. The van der Waals surface area contributed by atoms with E-state index in [4.69, 9.17) is 16.8 Å². The summed E-state index contributed by atoms with van der Waals surface area (Å²) in [7, 11) is -8.45. The third-order valence-electron chi connectivity index (χ3n) is 5.54. The Morgan fingerprint density at radius 1 is 0.972 bits per heavy atom. The molecule has 0 saturated heterocycles. The molecule has 0 spiro atoms. The fraction of sp³-hybridized carbons (Fsp3) is 0.292. The summed E-state index contributed by atoms with van der Waals surface area (Å²) >= 11 is 5.87. The summed E-state index contributed by atoms with van der Waals surface area (Å²) < 4.78 is 56.9. The maximum atomic E-state index is 13.2. The Morgan fingerprint density at radius 2 is 1.50 bits per heavy atom. The quantitative estimate of drug-likeness (QED) is 0.180. The summed E-state index contributed by atoms with van der Waals surface area (Å²) in [6.45, 7) is 12.0. The molecule has 2 aromatic rings. The predicted molar refractivity (Wildman–Crippen MR) is 141 cm³/mol. The molecule has 0 saturated carbocycles. The average Bonchev–Trinajstić information content (AvgIpc) is 2.79. The van der Waals surface area contributed by atoms with Gasteiger partial charge in [-0.2, -0.15) is 0 Å². The molecule has 196 valence electrons. The lowest BCUT2D eigenvalue weighted by atomic mass is 9.97. The van der Waals surface area contributed by atoms with E-state index in [2.05, 4.69) is 22.6 Å². The Bertz CT molecular complexity index is 1320. The minimum atomic E-state index is -4.29. The fourth-order valence-corrected chi connectivity index (χ4v) is 7.10. The molecule has 0 bridgehead atoms. The van der Waals surface area contributed by atoms with Crippen molar-refractivity contribution in [3.05, 3.63) is 94.5 Å². The van der Waals surface area contributed by atoms with Crippen molar-refractivity contribution in [3.63, 3.8) is 0 Å². The SMILES string of the molecule is C=CC(c1ccc(Cl)cc1)S(=O)(=O)NC(CNS(=O)(=O)C(C=C)c1c(C)cc(C)cc1C)C(=O)NO. The normalized spacial score (nSPS) is 14.5. The topological polar surface area (TPSA) is 142 Å². The Hall–Kier alpha value is -2.54. The lowest BCUT2D eigenvalue weighted by Gasteiger charge is -2.23. The van der Waals surface area contributed by atoms with Crippen molar-refractivity contribution in [2.45, 2.75) is 37.3 Å². The minimum Gasteiger partial charge on any atom is -0.289 e. The number of amides is 1.